The molecule has 0 unspecified atom stereocenters. The van der Waals surface area contributed by atoms with Gasteiger partial charge in [0.15, 0.2) is 5.82 Å². The maximum Gasteiger partial charge on any atom is 0.405 e. The molecule has 6 N–H and O–H groups in total. The van der Waals surface area contributed by atoms with Crippen molar-refractivity contribution in [1.29, 1.82) is 0 Å². The minimum absolute atomic E-state index is 0.00139. The van der Waals surface area contributed by atoms with E-state index in [1.165, 1.54) is 54.6 Å². The van der Waals surface area contributed by atoms with Crippen LogP contribution in [0.5, 0.6) is 5.75 Å². The number of benzene rings is 2. The van der Waals surface area contributed by atoms with Gasteiger partial charge < -0.3 is 15.4 Å². The lowest BCUT2D eigenvalue weighted by Crippen LogP contribution is -2.22. The zero-order valence-corrected chi connectivity index (χ0v) is 23.8. The number of sulfonamides is 2. The van der Waals surface area contributed by atoms with E-state index in [2.05, 4.69) is 25.6 Å². The van der Waals surface area contributed by atoms with E-state index >= 15 is 0 Å². The molecule has 0 fully saturated rings. The first-order chi connectivity index (χ1) is 19.5. The Labute approximate surface area is 239 Å². The van der Waals surface area contributed by atoms with Crippen LogP contribution in [0.3, 0.4) is 0 Å². The van der Waals surface area contributed by atoms with Gasteiger partial charge in [-0.25, -0.2) is 37.1 Å². The first-order valence-corrected chi connectivity index (χ1v) is 15.3. The summed E-state index contributed by atoms with van der Waals surface area (Å²) in [7, 11) is -8.06. The maximum atomic E-state index is 13.1. The van der Waals surface area contributed by atoms with Crippen molar-refractivity contribution in [2.24, 2.45) is 10.3 Å². The summed E-state index contributed by atoms with van der Waals surface area (Å²) < 4.78 is 92.0. The van der Waals surface area contributed by atoms with E-state index in [-0.39, 0.29) is 50.6 Å². The monoisotopic (exact) mass is 625 g/mol. The first kappa shape index (κ1) is 30.9. The minimum Gasteiger partial charge on any atom is -0.492 e. The second-order valence-electron chi connectivity index (χ2n) is 9.05. The largest absolute Gasteiger partial charge is 0.492 e. The van der Waals surface area contributed by atoms with Gasteiger partial charge in [-0.15, -0.1) is 0 Å². The minimum atomic E-state index is -4.57. The first-order valence-electron chi connectivity index (χ1n) is 12.2. The van der Waals surface area contributed by atoms with Crippen molar-refractivity contribution in [2.75, 3.05) is 23.8 Å². The predicted molar refractivity (Wildman–Crippen MR) is 150 cm³/mol. The number of primary sulfonamides is 2. The van der Waals surface area contributed by atoms with Crippen molar-refractivity contribution >= 4 is 42.8 Å². The van der Waals surface area contributed by atoms with E-state index in [4.69, 9.17) is 15.0 Å². The van der Waals surface area contributed by atoms with Gasteiger partial charge in [0.1, 0.15) is 22.7 Å². The van der Waals surface area contributed by atoms with E-state index in [0.717, 1.165) is 0 Å². The molecule has 0 radical (unpaired) electrons. The Balaban J connectivity index is 1.74. The lowest BCUT2D eigenvalue weighted by Gasteiger charge is -2.17. The standard InChI is InChI=1S/C25H26F3N7O5S2/c1-3-40-20-11-6-16(12-21(20)42(30,38)39)18-9-10-19-22(33-18)23(31-13-25(26,27)28)35-24(34-19)32-14(2)15-4-7-17(8-5-15)41(29,36)37/h4-12,14H,3,13H2,1-2H3,(H2,29,36,37)(H2,30,38,39)(H2,31,32,34,35)/t14-/m1/s1. The Morgan fingerprint density at radius 1 is 0.929 bits per heavy atom. The molecule has 0 aliphatic carbocycles. The third kappa shape index (κ3) is 7.41. The second-order valence-corrected chi connectivity index (χ2v) is 12.1. The molecule has 0 amide bonds. The quantitative estimate of drug-likeness (QED) is 0.203. The average Bonchev–Trinajstić information content (AvgIpc) is 2.90. The molecule has 42 heavy (non-hydrogen) atoms. The van der Waals surface area contributed by atoms with Gasteiger partial charge in [0, 0.05) is 5.56 Å². The molecule has 0 saturated carbocycles. The van der Waals surface area contributed by atoms with E-state index < -0.39 is 38.8 Å². The molecule has 4 aromatic rings. The number of ether oxygens (including phenoxy) is 1. The van der Waals surface area contributed by atoms with Gasteiger partial charge in [-0.2, -0.15) is 18.2 Å². The Kier molecular flexibility index (Phi) is 8.58. The molecule has 1 atom stereocenters. The Morgan fingerprint density at radius 3 is 2.21 bits per heavy atom. The number of hydrogen-bond acceptors (Lipinski definition) is 10. The fraction of sp³-hybridized carbons (Fsp3) is 0.240. The number of hydrogen-bond donors (Lipinski definition) is 4. The smallest absolute Gasteiger partial charge is 0.405 e. The van der Waals surface area contributed by atoms with Crippen LogP contribution in [-0.2, 0) is 20.0 Å². The van der Waals surface area contributed by atoms with Crippen molar-refractivity contribution in [3.05, 3.63) is 60.2 Å². The van der Waals surface area contributed by atoms with Crippen LogP contribution < -0.4 is 25.6 Å². The highest BCUT2D eigenvalue weighted by Gasteiger charge is 2.28. The Morgan fingerprint density at radius 2 is 1.62 bits per heavy atom. The summed E-state index contributed by atoms with van der Waals surface area (Å²) in [4.78, 5) is 12.7. The third-order valence-corrected chi connectivity index (χ3v) is 7.76. The topological polar surface area (TPSA) is 192 Å². The van der Waals surface area contributed by atoms with Gasteiger partial charge in [-0.1, -0.05) is 12.1 Å². The molecule has 0 spiro atoms. The van der Waals surface area contributed by atoms with E-state index in [1.807, 2.05) is 0 Å². The van der Waals surface area contributed by atoms with Gasteiger partial charge >= 0.3 is 6.18 Å². The Hall–Kier alpha value is -4.06. The molecule has 2 aromatic carbocycles. The van der Waals surface area contributed by atoms with Crippen molar-refractivity contribution in [2.45, 2.75) is 35.9 Å². The van der Waals surface area contributed by atoms with Crippen LogP contribution in [0.15, 0.2) is 64.4 Å². The number of nitrogens with two attached hydrogens (primary N) is 2. The van der Waals surface area contributed by atoms with Gasteiger partial charge in [-0.3, -0.25) is 0 Å². The van der Waals surface area contributed by atoms with Crippen molar-refractivity contribution < 1.29 is 34.7 Å². The SMILES string of the molecule is CCOc1ccc(-c2ccc3nc(N[C@H](C)c4ccc(S(N)(=O)=O)cc4)nc(NCC(F)(F)F)c3n2)cc1S(N)(=O)=O. The van der Waals surface area contributed by atoms with E-state index in [1.54, 1.807) is 13.8 Å². The number of halogens is 3. The normalized spacial score (nSPS) is 13.1. The van der Waals surface area contributed by atoms with Crippen molar-refractivity contribution in [3.8, 4) is 17.0 Å². The van der Waals surface area contributed by atoms with Crippen LogP contribution in [0.2, 0.25) is 0 Å². The zero-order valence-electron chi connectivity index (χ0n) is 22.2. The van der Waals surface area contributed by atoms with Crippen LogP contribution in [0, 0.1) is 0 Å². The molecule has 4 rings (SSSR count). The van der Waals surface area contributed by atoms with Gasteiger partial charge in [0.25, 0.3) is 0 Å². The van der Waals surface area contributed by atoms with Crippen LogP contribution in [-0.4, -0.2) is 51.1 Å². The number of nitrogens with zero attached hydrogens (tertiary/aromatic N) is 3. The van der Waals surface area contributed by atoms with E-state index in [9.17, 15) is 30.0 Å². The fourth-order valence-corrected chi connectivity index (χ4v) is 5.15. The number of nitrogens with one attached hydrogen (secondary N) is 2. The fourth-order valence-electron chi connectivity index (χ4n) is 3.93. The van der Waals surface area contributed by atoms with Crippen LogP contribution in [0.25, 0.3) is 22.3 Å². The Bertz CT molecular complexity index is 1840. The molecule has 12 nitrogen and oxygen atoms in total. The third-order valence-electron chi connectivity index (χ3n) is 5.90. The second kappa shape index (κ2) is 11.7. The number of rotatable bonds is 10. The molecule has 0 aliphatic rings. The summed E-state index contributed by atoms with van der Waals surface area (Å²) in [6.07, 6.45) is -4.57. The summed E-state index contributed by atoms with van der Waals surface area (Å²) >= 11 is 0. The van der Waals surface area contributed by atoms with E-state index in [0.29, 0.717) is 11.1 Å². The highest BCUT2D eigenvalue weighted by molar-refractivity contribution is 7.89. The molecule has 224 valence electrons. The summed E-state index contributed by atoms with van der Waals surface area (Å²) in [6.45, 7) is 2.18. The lowest BCUT2D eigenvalue weighted by molar-refractivity contribution is -0.115. The van der Waals surface area contributed by atoms with Crippen LogP contribution in [0.4, 0.5) is 24.9 Å². The molecule has 2 aromatic heterocycles. The number of fused-ring (bicyclic) bond motifs is 1. The summed E-state index contributed by atoms with van der Waals surface area (Å²) in [5, 5.41) is 15.7. The van der Waals surface area contributed by atoms with Crippen LogP contribution in [0.1, 0.15) is 25.5 Å². The average molecular weight is 626 g/mol. The molecule has 17 heteroatoms. The lowest BCUT2D eigenvalue weighted by atomic mass is 10.1. The molecule has 0 bridgehead atoms. The van der Waals surface area contributed by atoms with Gasteiger partial charge in [0.2, 0.25) is 26.0 Å². The summed E-state index contributed by atoms with van der Waals surface area (Å²) in [6, 6.07) is 12.5. The molecular formula is C25H26F3N7O5S2. The number of anilines is 2. The molecule has 0 aliphatic heterocycles. The van der Waals surface area contributed by atoms with Crippen LogP contribution >= 0.6 is 0 Å². The highest BCUT2D eigenvalue weighted by Crippen LogP contribution is 2.31. The number of pyridine rings is 1. The molecular weight excluding hydrogens is 599 g/mol. The summed E-state index contributed by atoms with van der Waals surface area (Å²) in [5.74, 6) is -0.206. The number of alkyl halides is 3. The predicted octanol–water partition coefficient (Wildman–Crippen LogP) is 3.53. The van der Waals surface area contributed by atoms with Gasteiger partial charge in [0.05, 0.1) is 28.8 Å². The van der Waals surface area contributed by atoms with Gasteiger partial charge in [-0.05, 0) is 61.9 Å². The molecule has 0 saturated heterocycles. The summed E-state index contributed by atoms with van der Waals surface area (Å²) in [5.41, 5.74) is 1.35. The maximum absolute atomic E-state index is 13.1. The van der Waals surface area contributed by atoms with Crippen molar-refractivity contribution in [1.82, 2.24) is 15.0 Å². The molecule has 2 heterocycles. The number of aromatic nitrogens is 3. The highest BCUT2D eigenvalue weighted by atomic mass is 32.2. The van der Waals surface area contributed by atoms with Crippen molar-refractivity contribution in [3.63, 3.8) is 0 Å². The zero-order chi connectivity index (χ0) is 30.9.